The van der Waals surface area contributed by atoms with E-state index in [1.807, 2.05) is 20.9 Å². The van der Waals surface area contributed by atoms with Crippen molar-refractivity contribution < 1.29 is 42.4 Å². The maximum absolute atomic E-state index is 12.1. The van der Waals surface area contributed by atoms with Crippen molar-refractivity contribution in [2.75, 3.05) is 36.0 Å². The molecular formula is C35H44Cl2N10NiO6S2. The summed E-state index contributed by atoms with van der Waals surface area (Å²) in [5.74, 6) is 0.440. The van der Waals surface area contributed by atoms with Crippen molar-refractivity contribution in [3.05, 3.63) is 56.6 Å². The fourth-order valence-electron chi connectivity index (χ4n) is 7.23. The molecule has 16 nitrogen and oxygen atoms in total. The molecule has 21 heteroatoms. The minimum Gasteiger partial charge on any atom is -0.371 e. The quantitative estimate of drug-likeness (QED) is 0.0826. The standard InChI is InChI=1S/C20H29N5O3S.C15H15Cl2N5O3S.Ni/c1-5-6-10-25-11-8-7-9-16-12-17(19(13-18(16)25)29(26,27)28)22-23-20-21-14(2)15(3)24(20)4;16-13-14(17)19-15(18-13)21-20-10-7-8-3-1-5-22-6-2-4-9(11(8)22)12(10)26(23,24)25;/h12-13H,5-11H2,1-4H3,(H,26,27,28);7H,1-6H2,(H,18,19)(H,23,24,25);. The first-order valence-corrected chi connectivity index (χ1v) is 21.7. The third kappa shape index (κ3) is 9.63. The number of H-pyrrole nitrogens is 1. The van der Waals surface area contributed by atoms with Gasteiger partial charge in [0, 0.05) is 66.8 Å². The van der Waals surface area contributed by atoms with Crippen LogP contribution in [0.25, 0.3) is 0 Å². The summed E-state index contributed by atoms with van der Waals surface area (Å²) in [5.41, 5.74) is 6.47. The summed E-state index contributed by atoms with van der Waals surface area (Å²) in [7, 11) is -7.09. The summed E-state index contributed by atoms with van der Waals surface area (Å²) >= 11 is 11.6. The molecule has 306 valence electrons. The van der Waals surface area contributed by atoms with E-state index in [9.17, 15) is 25.9 Å². The number of azo groups is 2. The van der Waals surface area contributed by atoms with Crippen LogP contribution in [0.4, 0.5) is 34.6 Å². The number of nitrogens with one attached hydrogen (secondary N) is 1. The van der Waals surface area contributed by atoms with E-state index in [2.05, 4.69) is 52.1 Å². The molecule has 0 aliphatic carbocycles. The van der Waals surface area contributed by atoms with Crippen molar-refractivity contribution in [3.8, 4) is 0 Å². The molecule has 0 saturated heterocycles. The number of rotatable bonds is 9. The van der Waals surface area contributed by atoms with E-state index >= 15 is 0 Å². The molecule has 0 atom stereocenters. The van der Waals surface area contributed by atoms with E-state index < -0.39 is 20.2 Å². The SMILES string of the molecule is CCCCN1CCCCc2cc(N=Nc3nc(C)c(C)n3C)c(S(=O)(=O)O)cc21.O=S(=O)(O)c1c(N=Nc2nc(Cl)c(Cl)[nH]2)cc2c3c1CCCN3CCC2.[Ni]. The molecule has 2 aromatic carbocycles. The molecule has 3 aliphatic heterocycles. The van der Waals surface area contributed by atoms with Gasteiger partial charge in [-0.15, -0.1) is 20.5 Å². The largest absolute Gasteiger partial charge is 0.371 e. The third-order valence-corrected chi connectivity index (χ3v) is 12.6. The summed E-state index contributed by atoms with van der Waals surface area (Å²) in [6, 6.07) is 4.97. The fourth-order valence-corrected chi connectivity index (χ4v) is 8.98. The molecule has 0 unspecified atom stereocenters. The molecule has 7 rings (SSSR count). The Morgan fingerprint density at radius 3 is 2.14 bits per heavy atom. The number of halogens is 2. The molecule has 0 saturated carbocycles. The molecule has 3 aliphatic rings. The average Bonchev–Trinajstić information content (AvgIpc) is 3.48. The first-order chi connectivity index (χ1) is 26.1. The van der Waals surface area contributed by atoms with Crippen LogP contribution < -0.4 is 9.80 Å². The van der Waals surface area contributed by atoms with Gasteiger partial charge in [-0.05, 0) is 100 Å². The Kier molecular flexibility index (Phi) is 14.0. The van der Waals surface area contributed by atoms with Crippen LogP contribution >= 0.6 is 23.2 Å². The van der Waals surface area contributed by atoms with E-state index in [-0.39, 0.29) is 53.9 Å². The van der Waals surface area contributed by atoms with Crippen molar-refractivity contribution in [1.82, 2.24) is 19.5 Å². The zero-order valence-electron chi connectivity index (χ0n) is 31.4. The van der Waals surface area contributed by atoms with Crippen LogP contribution in [0, 0.1) is 13.8 Å². The van der Waals surface area contributed by atoms with Crippen LogP contribution in [-0.2, 0) is 63.0 Å². The zero-order chi connectivity index (χ0) is 39.7. The zero-order valence-corrected chi connectivity index (χ0v) is 35.5. The Labute approximate surface area is 346 Å². The molecule has 2 aromatic heterocycles. The van der Waals surface area contributed by atoms with Crippen LogP contribution in [0.3, 0.4) is 0 Å². The molecule has 0 fully saturated rings. The topological polar surface area (TPSA) is 211 Å². The van der Waals surface area contributed by atoms with E-state index in [1.54, 1.807) is 22.8 Å². The van der Waals surface area contributed by atoms with Crippen molar-refractivity contribution in [3.63, 3.8) is 0 Å². The first-order valence-electron chi connectivity index (χ1n) is 18.1. The smallest absolute Gasteiger partial charge is 0.297 e. The van der Waals surface area contributed by atoms with Crippen LogP contribution in [0.2, 0.25) is 10.3 Å². The minimum atomic E-state index is -4.47. The Balaban J connectivity index is 0.000000211. The van der Waals surface area contributed by atoms with Crippen LogP contribution in [0.1, 0.15) is 73.5 Å². The molecule has 4 aromatic rings. The maximum Gasteiger partial charge on any atom is 0.297 e. The molecule has 3 N–H and O–H groups in total. The second kappa shape index (κ2) is 18.0. The molecule has 0 radical (unpaired) electrons. The Hall–Kier alpha value is -3.45. The second-order valence-corrected chi connectivity index (χ2v) is 17.3. The number of unbranched alkanes of at least 4 members (excludes halogenated alkanes) is 1. The van der Waals surface area contributed by atoms with Gasteiger partial charge in [0.2, 0.25) is 11.9 Å². The summed E-state index contributed by atoms with van der Waals surface area (Å²) in [6.07, 6.45) is 8.19. The minimum absolute atomic E-state index is 0. The predicted molar refractivity (Wildman–Crippen MR) is 211 cm³/mol. The van der Waals surface area contributed by atoms with E-state index in [0.29, 0.717) is 17.9 Å². The number of aryl methyl sites for hydroxylation is 3. The summed E-state index contributed by atoms with van der Waals surface area (Å²) in [6.45, 7) is 9.45. The molecular weight excluding hydrogens is 850 g/mol. The number of fused-ring (bicyclic) bond motifs is 1. The van der Waals surface area contributed by atoms with Gasteiger partial charge in [-0.25, -0.2) is 4.98 Å². The molecule has 56 heavy (non-hydrogen) atoms. The summed E-state index contributed by atoms with van der Waals surface area (Å²) in [4.78, 5) is 14.8. The summed E-state index contributed by atoms with van der Waals surface area (Å²) < 4.78 is 69.8. The van der Waals surface area contributed by atoms with Crippen molar-refractivity contribution in [1.29, 1.82) is 0 Å². The van der Waals surface area contributed by atoms with Gasteiger partial charge in [-0.3, -0.25) is 9.11 Å². The van der Waals surface area contributed by atoms with E-state index in [4.69, 9.17) is 23.2 Å². The van der Waals surface area contributed by atoms with Crippen LogP contribution in [0.5, 0.6) is 0 Å². The van der Waals surface area contributed by atoms with Gasteiger partial charge in [-0.1, -0.05) is 36.5 Å². The van der Waals surface area contributed by atoms with Crippen molar-refractivity contribution in [2.24, 2.45) is 27.5 Å². The molecule has 0 bridgehead atoms. The number of nitrogens with zero attached hydrogens (tertiary/aromatic N) is 9. The first kappa shape index (κ1) is 43.7. The van der Waals surface area contributed by atoms with Gasteiger partial charge < -0.3 is 19.4 Å². The third-order valence-electron chi connectivity index (χ3n) is 10.1. The van der Waals surface area contributed by atoms with Crippen LogP contribution in [-0.4, -0.2) is 71.6 Å². The maximum atomic E-state index is 12.1. The fraction of sp³-hybridized carbons (Fsp3) is 0.486. The molecule has 0 spiro atoms. The normalized spacial score (nSPS) is 15.6. The number of aromatic nitrogens is 4. The average molecular weight is 895 g/mol. The molecule has 0 amide bonds. The number of aromatic amines is 1. The van der Waals surface area contributed by atoms with Gasteiger partial charge in [0.25, 0.3) is 20.2 Å². The predicted octanol–water partition coefficient (Wildman–Crippen LogP) is 8.72. The van der Waals surface area contributed by atoms with E-state index in [1.165, 1.54) is 0 Å². The Morgan fingerprint density at radius 2 is 1.52 bits per heavy atom. The monoisotopic (exact) mass is 892 g/mol. The van der Waals surface area contributed by atoms with Gasteiger partial charge in [-0.2, -0.15) is 21.8 Å². The number of hydrogen-bond acceptors (Lipinski definition) is 12. The number of imidazole rings is 2. The van der Waals surface area contributed by atoms with Gasteiger partial charge in [0.1, 0.15) is 26.3 Å². The van der Waals surface area contributed by atoms with Gasteiger partial charge >= 0.3 is 0 Å². The van der Waals surface area contributed by atoms with Gasteiger partial charge in [0.15, 0.2) is 5.15 Å². The second-order valence-electron chi connectivity index (χ2n) is 13.8. The van der Waals surface area contributed by atoms with Crippen molar-refractivity contribution >= 4 is 78.1 Å². The van der Waals surface area contributed by atoms with Gasteiger partial charge in [0.05, 0.1) is 5.69 Å². The molecule has 5 heterocycles. The Bertz CT molecular complexity index is 2360. The van der Waals surface area contributed by atoms with E-state index in [0.717, 1.165) is 111 Å². The Morgan fingerprint density at radius 1 is 0.839 bits per heavy atom. The number of benzene rings is 2. The van der Waals surface area contributed by atoms with Crippen LogP contribution in [0.15, 0.2) is 48.4 Å². The summed E-state index contributed by atoms with van der Waals surface area (Å²) in [5, 5.41) is 16.4. The van der Waals surface area contributed by atoms with Crippen molar-refractivity contribution in [2.45, 2.75) is 88.3 Å². The number of anilines is 2. The number of hydrogen-bond donors (Lipinski definition) is 3.